The molecule has 0 radical (unpaired) electrons. The minimum Gasteiger partial charge on any atom is -0.370 e. The molecule has 3 nitrogen and oxygen atoms in total. The first kappa shape index (κ1) is 12.5. The fourth-order valence-corrected chi connectivity index (χ4v) is 1.76. The smallest absolute Gasteiger partial charge is 0.0831 e. The number of hydrogen-bond acceptors (Lipinski definition) is 3. The van der Waals surface area contributed by atoms with Crippen molar-refractivity contribution in [3.63, 3.8) is 0 Å². The zero-order valence-corrected chi connectivity index (χ0v) is 8.79. The Morgan fingerprint density at radius 3 is 2.17 bits per heavy atom. The molecule has 2 bridgehead atoms. The average molecular weight is 215 g/mol. The van der Waals surface area contributed by atoms with Gasteiger partial charge in [-0.25, -0.2) is 0 Å². The highest BCUT2D eigenvalue weighted by molar-refractivity contribution is 5.85. The lowest BCUT2D eigenvalue weighted by Gasteiger charge is -2.40. The van der Waals surface area contributed by atoms with Gasteiger partial charge in [-0.15, -0.1) is 24.8 Å². The van der Waals surface area contributed by atoms with Crippen molar-refractivity contribution in [2.24, 2.45) is 0 Å². The molecule has 12 heavy (non-hydrogen) atoms. The van der Waals surface area contributed by atoms with E-state index >= 15 is 0 Å². The first-order chi connectivity index (χ1) is 4.84. The van der Waals surface area contributed by atoms with Crippen LogP contribution in [0.5, 0.6) is 0 Å². The highest BCUT2D eigenvalue weighted by Gasteiger charge is 2.28. The molecule has 2 aliphatic heterocycles. The third-order valence-corrected chi connectivity index (χ3v) is 2.16. The molecule has 2 unspecified atom stereocenters. The van der Waals surface area contributed by atoms with Crippen LogP contribution in [0, 0.1) is 0 Å². The Morgan fingerprint density at radius 1 is 1.17 bits per heavy atom. The average Bonchev–Trinajstić information content (AvgIpc) is 1.85. The topological polar surface area (TPSA) is 24.5 Å². The number of nitrogens with zero attached hydrogens (tertiary/aromatic N) is 1. The molecular formula is C7H16Cl2N2O. The molecule has 2 atom stereocenters. The largest absolute Gasteiger partial charge is 0.370 e. The van der Waals surface area contributed by atoms with Gasteiger partial charge in [0.2, 0.25) is 0 Å². The number of ether oxygens (including phenoxy) is 1. The molecule has 0 aromatic carbocycles. The molecule has 1 N–H and O–H groups in total. The Hall–Kier alpha value is 0.460. The standard InChI is InChI=1S/C7H14N2O.2ClH/c1-9-4-6-2-8-3-7(5-9)10-6;;/h6-8H,2-5H2,1H3;2*1H. The normalized spacial score (nSPS) is 34.8. The van der Waals surface area contributed by atoms with E-state index in [-0.39, 0.29) is 24.8 Å². The van der Waals surface area contributed by atoms with Gasteiger partial charge in [0, 0.05) is 26.2 Å². The maximum atomic E-state index is 5.69. The van der Waals surface area contributed by atoms with E-state index in [1.807, 2.05) is 0 Å². The van der Waals surface area contributed by atoms with E-state index in [1.54, 1.807) is 0 Å². The molecule has 2 heterocycles. The van der Waals surface area contributed by atoms with Gasteiger partial charge < -0.3 is 15.0 Å². The fraction of sp³-hybridized carbons (Fsp3) is 1.00. The Labute approximate surface area is 85.6 Å². The fourth-order valence-electron chi connectivity index (χ4n) is 1.76. The summed E-state index contributed by atoms with van der Waals surface area (Å²) in [5.74, 6) is 0. The van der Waals surface area contributed by atoms with Crippen molar-refractivity contribution in [1.82, 2.24) is 10.2 Å². The van der Waals surface area contributed by atoms with Crippen LogP contribution in [0.3, 0.4) is 0 Å². The number of nitrogens with one attached hydrogen (secondary N) is 1. The minimum atomic E-state index is 0. The van der Waals surface area contributed by atoms with E-state index < -0.39 is 0 Å². The molecule has 2 fully saturated rings. The predicted molar refractivity (Wildman–Crippen MR) is 53.5 cm³/mol. The molecule has 0 spiro atoms. The summed E-state index contributed by atoms with van der Waals surface area (Å²) < 4.78 is 5.69. The van der Waals surface area contributed by atoms with Crippen molar-refractivity contribution in [2.45, 2.75) is 12.2 Å². The lowest BCUT2D eigenvalue weighted by atomic mass is 10.1. The molecule has 2 saturated heterocycles. The predicted octanol–water partition coefficient (Wildman–Crippen LogP) is 0.132. The van der Waals surface area contributed by atoms with Crippen molar-refractivity contribution in [2.75, 3.05) is 33.2 Å². The second kappa shape index (κ2) is 5.25. The highest BCUT2D eigenvalue weighted by atomic mass is 35.5. The summed E-state index contributed by atoms with van der Waals surface area (Å²) in [6, 6.07) is 0. The van der Waals surface area contributed by atoms with Gasteiger partial charge in [-0.2, -0.15) is 0 Å². The summed E-state index contributed by atoms with van der Waals surface area (Å²) in [5, 5.41) is 3.36. The van der Waals surface area contributed by atoms with Gasteiger partial charge in [-0.05, 0) is 7.05 Å². The van der Waals surface area contributed by atoms with Gasteiger partial charge in [0.15, 0.2) is 0 Å². The maximum absolute atomic E-state index is 5.69. The van der Waals surface area contributed by atoms with Gasteiger partial charge in [-0.3, -0.25) is 0 Å². The number of rotatable bonds is 0. The molecular weight excluding hydrogens is 199 g/mol. The number of likely N-dealkylation sites (N-methyl/N-ethyl adjacent to an activating group) is 1. The molecule has 74 valence electrons. The monoisotopic (exact) mass is 214 g/mol. The Kier molecular flexibility index (Phi) is 5.45. The Morgan fingerprint density at radius 2 is 1.67 bits per heavy atom. The van der Waals surface area contributed by atoms with Crippen molar-refractivity contribution < 1.29 is 4.74 Å². The van der Waals surface area contributed by atoms with Crippen LogP contribution in [0.2, 0.25) is 0 Å². The second-order valence-electron chi connectivity index (χ2n) is 3.26. The molecule has 0 aromatic heterocycles. The molecule has 2 aliphatic rings. The van der Waals surface area contributed by atoms with Gasteiger partial charge in [0.1, 0.15) is 0 Å². The number of morpholine rings is 2. The highest BCUT2D eigenvalue weighted by Crippen LogP contribution is 2.11. The number of halogens is 2. The van der Waals surface area contributed by atoms with Gasteiger partial charge in [0.05, 0.1) is 12.2 Å². The summed E-state index contributed by atoms with van der Waals surface area (Å²) in [6.07, 6.45) is 0.884. The lowest BCUT2D eigenvalue weighted by Crippen LogP contribution is -2.57. The number of hydrogen-bond donors (Lipinski definition) is 1. The molecule has 0 amide bonds. The Balaban J connectivity index is 0.000000605. The number of fused-ring (bicyclic) bond motifs is 2. The van der Waals surface area contributed by atoms with Crippen LogP contribution < -0.4 is 5.32 Å². The van der Waals surface area contributed by atoms with Crippen molar-refractivity contribution in [3.8, 4) is 0 Å². The lowest BCUT2D eigenvalue weighted by molar-refractivity contribution is -0.0962. The van der Waals surface area contributed by atoms with Crippen LogP contribution in [-0.2, 0) is 4.74 Å². The van der Waals surface area contributed by atoms with E-state index in [9.17, 15) is 0 Å². The van der Waals surface area contributed by atoms with Crippen LogP contribution in [0.4, 0.5) is 0 Å². The van der Waals surface area contributed by atoms with E-state index in [1.165, 1.54) is 0 Å². The summed E-state index contributed by atoms with van der Waals surface area (Å²) in [4.78, 5) is 2.35. The van der Waals surface area contributed by atoms with E-state index in [0.717, 1.165) is 26.2 Å². The third-order valence-electron chi connectivity index (χ3n) is 2.16. The Bertz CT molecular complexity index is 121. The van der Waals surface area contributed by atoms with Gasteiger partial charge in [0.25, 0.3) is 0 Å². The van der Waals surface area contributed by atoms with Gasteiger partial charge in [-0.1, -0.05) is 0 Å². The van der Waals surface area contributed by atoms with Crippen molar-refractivity contribution in [1.29, 1.82) is 0 Å². The third kappa shape index (κ3) is 2.75. The van der Waals surface area contributed by atoms with Gasteiger partial charge >= 0.3 is 0 Å². The molecule has 0 aliphatic carbocycles. The van der Waals surface area contributed by atoms with Crippen molar-refractivity contribution >= 4 is 24.8 Å². The quantitative estimate of drug-likeness (QED) is 0.621. The zero-order valence-electron chi connectivity index (χ0n) is 7.16. The summed E-state index contributed by atoms with van der Waals surface area (Å²) in [5.41, 5.74) is 0. The summed E-state index contributed by atoms with van der Waals surface area (Å²) >= 11 is 0. The maximum Gasteiger partial charge on any atom is 0.0831 e. The van der Waals surface area contributed by atoms with Crippen LogP contribution >= 0.6 is 24.8 Å². The first-order valence-electron chi connectivity index (χ1n) is 3.89. The molecule has 2 rings (SSSR count). The summed E-state index contributed by atoms with van der Waals surface area (Å²) in [6.45, 7) is 4.23. The first-order valence-corrected chi connectivity index (χ1v) is 3.89. The zero-order chi connectivity index (χ0) is 6.97. The molecule has 0 saturated carbocycles. The molecule has 5 heteroatoms. The van der Waals surface area contributed by atoms with Crippen LogP contribution in [-0.4, -0.2) is 50.3 Å². The minimum absolute atomic E-state index is 0. The summed E-state index contributed by atoms with van der Waals surface area (Å²) in [7, 11) is 2.16. The van der Waals surface area contributed by atoms with Crippen LogP contribution in [0.15, 0.2) is 0 Å². The van der Waals surface area contributed by atoms with E-state index in [0.29, 0.717) is 12.2 Å². The second-order valence-corrected chi connectivity index (χ2v) is 3.26. The van der Waals surface area contributed by atoms with E-state index in [4.69, 9.17) is 4.74 Å². The molecule has 0 aromatic rings. The van der Waals surface area contributed by atoms with Crippen LogP contribution in [0.1, 0.15) is 0 Å². The van der Waals surface area contributed by atoms with Crippen LogP contribution in [0.25, 0.3) is 0 Å². The SMILES string of the molecule is CN1CC2CNCC(C1)O2.Cl.Cl. The van der Waals surface area contributed by atoms with Crippen molar-refractivity contribution in [3.05, 3.63) is 0 Å². The van der Waals surface area contributed by atoms with E-state index in [2.05, 4.69) is 17.3 Å².